The average molecular weight is 258 g/mol. The molecule has 3 N–H and O–H groups in total. The maximum atomic E-state index is 11.9. The van der Waals surface area contributed by atoms with Crippen LogP contribution >= 0.6 is 0 Å². The van der Waals surface area contributed by atoms with Crippen LogP contribution < -0.4 is 5.73 Å². The maximum absolute atomic E-state index is 11.9. The second-order valence-electron chi connectivity index (χ2n) is 5.67. The van der Waals surface area contributed by atoms with E-state index in [0.29, 0.717) is 19.5 Å². The molecule has 6 heteroatoms. The summed E-state index contributed by atoms with van der Waals surface area (Å²) in [5.74, 6) is -0.844. The van der Waals surface area contributed by atoms with Gasteiger partial charge in [0, 0.05) is 6.54 Å². The molecule has 0 aromatic heterocycles. The minimum Gasteiger partial charge on any atom is -0.480 e. The van der Waals surface area contributed by atoms with Gasteiger partial charge >= 0.3 is 12.1 Å². The molecular weight excluding hydrogens is 236 g/mol. The number of hydrogen-bond donors (Lipinski definition) is 2. The molecule has 104 valence electrons. The van der Waals surface area contributed by atoms with Crippen LogP contribution in [-0.2, 0) is 9.53 Å². The number of nitrogens with two attached hydrogens (primary N) is 1. The van der Waals surface area contributed by atoms with Crippen molar-refractivity contribution >= 4 is 12.1 Å². The van der Waals surface area contributed by atoms with Crippen molar-refractivity contribution in [2.24, 2.45) is 11.7 Å². The number of carboxylic acid groups (broad SMARTS) is 1. The SMILES string of the molecule is CC(C)(C)OC(=O)N1C[C@H](CCN)C[C@@H]1C(=O)O. The first-order valence-corrected chi connectivity index (χ1v) is 6.17. The molecule has 0 aliphatic carbocycles. The molecule has 1 aliphatic heterocycles. The minimum absolute atomic E-state index is 0.142. The van der Waals surface area contributed by atoms with E-state index in [1.807, 2.05) is 0 Å². The van der Waals surface area contributed by atoms with Crippen molar-refractivity contribution in [1.29, 1.82) is 0 Å². The van der Waals surface area contributed by atoms with Gasteiger partial charge in [0.05, 0.1) is 0 Å². The number of carbonyl (C=O) groups excluding carboxylic acids is 1. The molecular formula is C12H22N2O4. The summed E-state index contributed by atoms with van der Waals surface area (Å²) in [6, 6.07) is -0.795. The summed E-state index contributed by atoms with van der Waals surface area (Å²) < 4.78 is 5.22. The molecule has 0 radical (unpaired) electrons. The molecule has 0 saturated carbocycles. The van der Waals surface area contributed by atoms with Crippen molar-refractivity contribution in [2.45, 2.75) is 45.3 Å². The molecule has 1 fully saturated rings. The molecule has 1 saturated heterocycles. The van der Waals surface area contributed by atoms with Gasteiger partial charge in [0.15, 0.2) is 0 Å². The van der Waals surface area contributed by atoms with Gasteiger partial charge in [-0.3, -0.25) is 4.90 Å². The first kappa shape index (κ1) is 14.8. The predicted molar refractivity (Wildman–Crippen MR) is 66.1 cm³/mol. The zero-order valence-electron chi connectivity index (χ0n) is 11.2. The van der Waals surface area contributed by atoms with Gasteiger partial charge in [-0.2, -0.15) is 0 Å². The van der Waals surface area contributed by atoms with Gasteiger partial charge in [-0.25, -0.2) is 9.59 Å². The molecule has 1 heterocycles. The minimum atomic E-state index is -0.986. The zero-order chi connectivity index (χ0) is 13.9. The Kier molecular flexibility index (Phi) is 4.56. The zero-order valence-corrected chi connectivity index (χ0v) is 11.2. The third-order valence-electron chi connectivity index (χ3n) is 2.88. The number of carbonyl (C=O) groups is 2. The fourth-order valence-corrected chi connectivity index (χ4v) is 2.12. The number of hydrogen-bond acceptors (Lipinski definition) is 4. The van der Waals surface area contributed by atoms with Crippen LogP contribution in [0.15, 0.2) is 0 Å². The third kappa shape index (κ3) is 3.87. The molecule has 0 unspecified atom stereocenters. The van der Waals surface area contributed by atoms with Crippen LogP contribution in [0.25, 0.3) is 0 Å². The normalized spacial score (nSPS) is 24.1. The average Bonchev–Trinajstić information content (AvgIpc) is 2.59. The van der Waals surface area contributed by atoms with E-state index in [1.165, 1.54) is 4.90 Å². The van der Waals surface area contributed by atoms with Gasteiger partial charge in [-0.1, -0.05) is 0 Å². The van der Waals surface area contributed by atoms with E-state index in [2.05, 4.69) is 0 Å². The second kappa shape index (κ2) is 5.56. The largest absolute Gasteiger partial charge is 0.480 e. The van der Waals surface area contributed by atoms with Crippen molar-refractivity contribution in [2.75, 3.05) is 13.1 Å². The summed E-state index contributed by atoms with van der Waals surface area (Å²) in [6.07, 6.45) is 0.615. The van der Waals surface area contributed by atoms with Crippen molar-refractivity contribution in [3.63, 3.8) is 0 Å². The fourth-order valence-electron chi connectivity index (χ4n) is 2.12. The van der Waals surface area contributed by atoms with Gasteiger partial charge in [-0.15, -0.1) is 0 Å². The third-order valence-corrected chi connectivity index (χ3v) is 2.88. The van der Waals surface area contributed by atoms with Gasteiger partial charge in [0.25, 0.3) is 0 Å². The lowest BCUT2D eigenvalue weighted by atomic mass is 10.0. The lowest BCUT2D eigenvalue weighted by molar-refractivity contribution is -0.142. The lowest BCUT2D eigenvalue weighted by Gasteiger charge is -2.26. The molecule has 2 atom stereocenters. The van der Waals surface area contributed by atoms with Crippen LogP contribution in [0.4, 0.5) is 4.79 Å². The van der Waals surface area contributed by atoms with E-state index in [1.54, 1.807) is 20.8 Å². The van der Waals surface area contributed by atoms with E-state index in [0.717, 1.165) is 6.42 Å². The number of ether oxygens (including phenoxy) is 1. The van der Waals surface area contributed by atoms with E-state index >= 15 is 0 Å². The Morgan fingerprint density at radius 2 is 2.06 bits per heavy atom. The molecule has 1 rings (SSSR count). The van der Waals surface area contributed by atoms with E-state index in [4.69, 9.17) is 15.6 Å². The van der Waals surface area contributed by atoms with E-state index in [-0.39, 0.29) is 5.92 Å². The second-order valence-corrected chi connectivity index (χ2v) is 5.67. The summed E-state index contributed by atoms with van der Waals surface area (Å²) in [5.41, 5.74) is 4.85. The van der Waals surface area contributed by atoms with Crippen molar-refractivity contribution in [3.8, 4) is 0 Å². The van der Waals surface area contributed by atoms with Crippen LogP contribution in [-0.4, -0.2) is 46.8 Å². The fraction of sp³-hybridized carbons (Fsp3) is 0.833. The van der Waals surface area contributed by atoms with Crippen molar-refractivity contribution < 1.29 is 19.4 Å². The first-order valence-electron chi connectivity index (χ1n) is 6.17. The predicted octanol–water partition coefficient (Wildman–Crippen LogP) is 1.05. The Morgan fingerprint density at radius 3 is 2.50 bits per heavy atom. The van der Waals surface area contributed by atoms with Crippen LogP contribution in [0.2, 0.25) is 0 Å². The summed E-state index contributed by atoms with van der Waals surface area (Å²) in [6.45, 7) is 6.18. The van der Waals surface area contributed by atoms with Gasteiger partial charge in [0.2, 0.25) is 0 Å². The number of aliphatic carboxylic acids is 1. The Labute approximate surface area is 107 Å². The molecule has 0 aromatic carbocycles. The number of amides is 1. The Bertz CT molecular complexity index is 325. The van der Waals surface area contributed by atoms with Crippen molar-refractivity contribution in [1.82, 2.24) is 4.90 Å². The van der Waals surface area contributed by atoms with Gasteiger partial charge in [-0.05, 0) is 46.1 Å². The van der Waals surface area contributed by atoms with Gasteiger partial charge < -0.3 is 15.6 Å². The molecule has 0 spiro atoms. The Morgan fingerprint density at radius 1 is 1.44 bits per heavy atom. The topological polar surface area (TPSA) is 92.9 Å². The van der Waals surface area contributed by atoms with Crippen LogP contribution in [0, 0.1) is 5.92 Å². The summed E-state index contributed by atoms with van der Waals surface area (Å²) in [4.78, 5) is 24.4. The summed E-state index contributed by atoms with van der Waals surface area (Å²) in [7, 11) is 0. The molecule has 0 aromatic rings. The number of carboxylic acids is 1. The number of nitrogens with zero attached hydrogens (tertiary/aromatic N) is 1. The standard InChI is InChI=1S/C12H22N2O4/c1-12(2,3)18-11(17)14-7-8(4-5-13)6-9(14)10(15)16/h8-9H,4-7,13H2,1-3H3,(H,15,16)/t8-,9-/m1/s1. The van der Waals surface area contributed by atoms with Crippen LogP contribution in [0.3, 0.4) is 0 Å². The number of likely N-dealkylation sites (tertiary alicyclic amines) is 1. The number of rotatable bonds is 3. The first-order chi connectivity index (χ1) is 8.24. The highest BCUT2D eigenvalue weighted by Crippen LogP contribution is 2.27. The summed E-state index contributed by atoms with van der Waals surface area (Å²) in [5, 5.41) is 9.14. The lowest BCUT2D eigenvalue weighted by Crippen LogP contribution is -2.43. The van der Waals surface area contributed by atoms with Gasteiger partial charge in [0.1, 0.15) is 11.6 Å². The Balaban J connectivity index is 2.72. The van der Waals surface area contributed by atoms with E-state index in [9.17, 15) is 9.59 Å². The highest BCUT2D eigenvalue weighted by Gasteiger charge is 2.41. The molecule has 6 nitrogen and oxygen atoms in total. The van der Waals surface area contributed by atoms with Crippen molar-refractivity contribution in [3.05, 3.63) is 0 Å². The molecule has 1 aliphatic rings. The highest BCUT2D eigenvalue weighted by atomic mass is 16.6. The molecule has 0 bridgehead atoms. The van der Waals surface area contributed by atoms with E-state index < -0.39 is 23.7 Å². The summed E-state index contributed by atoms with van der Waals surface area (Å²) >= 11 is 0. The smallest absolute Gasteiger partial charge is 0.411 e. The molecule has 18 heavy (non-hydrogen) atoms. The van der Waals surface area contributed by atoms with Crippen LogP contribution in [0.1, 0.15) is 33.6 Å². The highest BCUT2D eigenvalue weighted by molar-refractivity contribution is 5.80. The quantitative estimate of drug-likeness (QED) is 0.789. The van der Waals surface area contributed by atoms with Crippen LogP contribution in [0.5, 0.6) is 0 Å². The maximum Gasteiger partial charge on any atom is 0.411 e. The molecule has 1 amide bonds. The monoisotopic (exact) mass is 258 g/mol. The Hall–Kier alpha value is -1.30.